The van der Waals surface area contributed by atoms with Crippen LogP contribution in [-0.4, -0.2) is 35.5 Å². The van der Waals surface area contributed by atoms with E-state index in [-0.39, 0.29) is 18.0 Å². The quantitative estimate of drug-likeness (QED) is 0.529. The zero-order valence-corrected chi connectivity index (χ0v) is 9.17. The minimum Gasteiger partial charge on any atom is -0.369 e. The lowest BCUT2D eigenvalue weighted by Gasteiger charge is -2.31. The Kier molecular flexibility index (Phi) is 2.50. The van der Waals surface area contributed by atoms with Crippen molar-refractivity contribution < 1.29 is 9.59 Å². The highest BCUT2D eigenvalue weighted by atomic mass is 16.2. The number of amidine groups is 1. The average molecular weight is 236 g/mol. The zero-order valence-electron chi connectivity index (χ0n) is 9.17. The molecule has 90 valence electrons. The molecular formula is C9H12N6O2. The van der Waals surface area contributed by atoms with Crippen molar-refractivity contribution in [2.24, 2.45) is 32.4 Å². The molecule has 2 aliphatic heterocycles. The number of hydrogen-bond acceptors (Lipinski definition) is 6. The summed E-state index contributed by atoms with van der Waals surface area (Å²) in [5, 5.41) is 2.48. The summed E-state index contributed by atoms with van der Waals surface area (Å²) in [5.41, 5.74) is 11.2. The number of primary amides is 1. The highest BCUT2D eigenvalue weighted by Crippen LogP contribution is 2.18. The van der Waals surface area contributed by atoms with E-state index in [2.05, 4.69) is 20.3 Å². The number of carbonyl (C=O) groups is 2. The maximum absolute atomic E-state index is 11.6. The number of hydrogen-bond donors (Lipinski definition) is 3. The molecule has 5 N–H and O–H groups in total. The Balaban J connectivity index is 2.25. The molecule has 2 amide bonds. The molecule has 0 radical (unpaired) electrons. The van der Waals surface area contributed by atoms with Crippen LogP contribution in [0.15, 0.2) is 15.0 Å². The fraction of sp³-hybridized carbons (Fsp3) is 0.444. The second-order valence-electron chi connectivity index (χ2n) is 4.04. The van der Waals surface area contributed by atoms with Gasteiger partial charge in [0.1, 0.15) is 6.34 Å². The van der Waals surface area contributed by atoms with Gasteiger partial charge < -0.3 is 11.1 Å². The van der Waals surface area contributed by atoms with Gasteiger partial charge in [0, 0.05) is 12.3 Å². The number of amides is 2. The predicted octanol–water partition coefficient (Wildman–Crippen LogP) is -1.88. The second kappa shape index (κ2) is 3.74. The average Bonchev–Trinajstić information content (AvgIpc) is 2.64. The van der Waals surface area contributed by atoms with E-state index in [4.69, 9.17) is 11.5 Å². The van der Waals surface area contributed by atoms with Crippen LogP contribution in [0.2, 0.25) is 0 Å². The molecule has 0 aromatic heterocycles. The molecule has 8 heteroatoms. The summed E-state index contributed by atoms with van der Waals surface area (Å²) in [4.78, 5) is 34.3. The fourth-order valence-electron chi connectivity index (χ4n) is 1.64. The first-order valence-electron chi connectivity index (χ1n) is 5.02. The monoisotopic (exact) mass is 236 g/mol. The Morgan fingerprint density at radius 2 is 2.35 bits per heavy atom. The van der Waals surface area contributed by atoms with Crippen molar-refractivity contribution in [3.8, 4) is 0 Å². The van der Waals surface area contributed by atoms with Crippen LogP contribution < -0.4 is 16.8 Å². The van der Waals surface area contributed by atoms with Gasteiger partial charge in [0.15, 0.2) is 17.3 Å². The maximum Gasteiger partial charge on any atom is 0.276 e. The molecule has 0 aliphatic carbocycles. The Labute approximate surface area is 96.9 Å². The third-order valence-electron chi connectivity index (χ3n) is 2.53. The standard InChI is InChI=1S/C9H12N6O2/c1-4(6(10)16)2-9(11)14-7-5(8(17)15-9)12-3-13-7/h3-4H,2,11H2,1H3,(H2,10,16)(H,15,17). The largest absolute Gasteiger partial charge is 0.369 e. The van der Waals surface area contributed by atoms with Crippen LogP contribution in [0.5, 0.6) is 0 Å². The summed E-state index contributed by atoms with van der Waals surface area (Å²) in [5.74, 6) is -2.63. The summed E-state index contributed by atoms with van der Waals surface area (Å²) < 4.78 is 0. The lowest BCUT2D eigenvalue weighted by Crippen LogP contribution is -2.61. The zero-order chi connectivity index (χ0) is 12.6. The van der Waals surface area contributed by atoms with Gasteiger partial charge in [-0.2, -0.15) is 0 Å². The van der Waals surface area contributed by atoms with Crippen LogP contribution in [0.4, 0.5) is 0 Å². The minimum atomic E-state index is -1.36. The van der Waals surface area contributed by atoms with Crippen molar-refractivity contribution in [1.29, 1.82) is 0 Å². The smallest absolute Gasteiger partial charge is 0.276 e. The molecule has 2 atom stereocenters. The van der Waals surface area contributed by atoms with Gasteiger partial charge in [0.2, 0.25) is 5.91 Å². The second-order valence-corrected chi connectivity index (χ2v) is 4.04. The van der Waals surface area contributed by atoms with E-state index in [1.54, 1.807) is 6.92 Å². The molecular weight excluding hydrogens is 224 g/mol. The minimum absolute atomic E-state index is 0.111. The van der Waals surface area contributed by atoms with Crippen molar-refractivity contribution in [1.82, 2.24) is 5.32 Å². The third kappa shape index (κ3) is 2.07. The first-order valence-corrected chi connectivity index (χ1v) is 5.02. The normalized spacial score (nSPS) is 28.0. The molecule has 0 aromatic rings. The summed E-state index contributed by atoms with van der Waals surface area (Å²) in [6.45, 7) is 1.62. The van der Waals surface area contributed by atoms with Crippen LogP contribution in [-0.2, 0) is 9.59 Å². The number of nitrogens with one attached hydrogen (secondary N) is 1. The number of nitrogens with two attached hydrogens (primary N) is 2. The summed E-state index contributed by atoms with van der Waals surface area (Å²) in [6, 6.07) is 0. The first-order chi connectivity index (χ1) is 7.91. The Morgan fingerprint density at radius 1 is 1.65 bits per heavy atom. The lowest BCUT2D eigenvalue weighted by molar-refractivity contribution is -0.123. The van der Waals surface area contributed by atoms with Gasteiger partial charge in [0.25, 0.3) is 5.91 Å². The molecule has 0 saturated carbocycles. The fourth-order valence-corrected chi connectivity index (χ4v) is 1.64. The van der Waals surface area contributed by atoms with E-state index in [9.17, 15) is 9.59 Å². The summed E-state index contributed by atoms with van der Waals surface area (Å²) in [6.07, 6.45) is 1.34. The topological polar surface area (TPSA) is 135 Å². The molecule has 2 unspecified atom stereocenters. The number of aliphatic imine (C=N–C) groups is 3. The van der Waals surface area contributed by atoms with E-state index >= 15 is 0 Å². The molecule has 2 aliphatic rings. The summed E-state index contributed by atoms with van der Waals surface area (Å²) in [7, 11) is 0. The molecule has 8 nitrogen and oxygen atoms in total. The van der Waals surface area contributed by atoms with Gasteiger partial charge in [-0.05, 0) is 0 Å². The van der Waals surface area contributed by atoms with Gasteiger partial charge >= 0.3 is 0 Å². The molecule has 0 spiro atoms. The SMILES string of the molecule is CC(CC1(N)N=C2N=CN=C2C(=O)N1)C(N)=O. The molecule has 0 saturated heterocycles. The van der Waals surface area contributed by atoms with Crippen LogP contribution in [0, 0.1) is 5.92 Å². The molecule has 0 fully saturated rings. The summed E-state index contributed by atoms with van der Waals surface area (Å²) >= 11 is 0. The molecule has 2 rings (SSSR count). The van der Waals surface area contributed by atoms with Crippen LogP contribution >= 0.6 is 0 Å². The van der Waals surface area contributed by atoms with Gasteiger partial charge in [-0.25, -0.2) is 15.0 Å². The Bertz CT molecular complexity index is 480. The number of rotatable bonds is 3. The van der Waals surface area contributed by atoms with Crippen molar-refractivity contribution in [2.45, 2.75) is 19.1 Å². The molecule has 0 bridgehead atoms. The first kappa shape index (κ1) is 11.4. The van der Waals surface area contributed by atoms with Crippen molar-refractivity contribution in [3.05, 3.63) is 0 Å². The molecule has 0 aromatic carbocycles. The van der Waals surface area contributed by atoms with Crippen molar-refractivity contribution >= 4 is 29.7 Å². The molecule has 17 heavy (non-hydrogen) atoms. The van der Waals surface area contributed by atoms with Gasteiger partial charge in [-0.3, -0.25) is 15.3 Å². The van der Waals surface area contributed by atoms with Crippen molar-refractivity contribution in [2.75, 3.05) is 0 Å². The third-order valence-corrected chi connectivity index (χ3v) is 2.53. The van der Waals surface area contributed by atoms with Crippen LogP contribution in [0.1, 0.15) is 13.3 Å². The molecule has 2 heterocycles. The maximum atomic E-state index is 11.6. The Hall–Kier alpha value is -2.09. The van der Waals surface area contributed by atoms with Gasteiger partial charge in [0.05, 0.1) is 0 Å². The number of carbonyl (C=O) groups excluding carboxylic acids is 2. The Morgan fingerprint density at radius 3 is 3.00 bits per heavy atom. The van der Waals surface area contributed by atoms with Crippen LogP contribution in [0.3, 0.4) is 0 Å². The number of fused-ring (bicyclic) bond motifs is 1. The lowest BCUT2D eigenvalue weighted by atomic mass is 10.0. The van der Waals surface area contributed by atoms with Crippen LogP contribution in [0.25, 0.3) is 0 Å². The highest BCUT2D eigenvalue weighted by Gasteiger charge is 2.38. The predicted molar refractivity (Wildman–Crippen MR) is 61.4 cm³/mol. The van der Waals surface area contributed by atoms with E-state index in [1.165, 1.54) is 6.34 Å². The van der Waals surface area contributed by atoms with Crippen molar-refractivity contribution in [3.63, 3.8) is 0 Å². The van der Waals surface area contributed by atoms with E-state index in [1.807, 2.05) is 0 Å². The van der Waals surface area contributed by atoms with Gasteiger partial charge in [-0.1, -0.05) is 6.92 Å². The van der Waals surface area contributed by atoms with E-state index in [0.29, 0.717) is 0 Å². The van der Waals surface area contributed by atoms with E-state index < -0.39 is 23.5 Å². The van der Waals surface area contributed by atoms with E-state index in [0.717, 1.165) is 0 Å². The van der Waals surface area contributed by atoms with Gasteiger partial charge in [-0.15, -0.1) is 0 Å². The number of nitrogens with zero attached hydrogens (tertiary/aromatic N) is 3. The highest BCUT2D eigenvalue weighted by molar-refractivity contribution is 6.69.